The van der Waals surface area contributed by atoms with Crippen LogP contribution in [0.15, 0.2) is 36.5 Å². The number of benzene rings is 1. The van der Waals surface area contributed by atoms with E-state index in [9.17, 15) is 9.59 Å². The summed E-state index contributed by atoms with van der Waals surface area (Å²) in [6.45, 7) is 0.371. The maximum Gasteiger partial charge on any atom is 0.267 e. The largest absolute Gasteiger partial charge is 0.356 e. The Labute approximate surface area is 140 Å². The van der Waals surface area contributed by atoms with Crippen LogP contribution in [-0.4, -0.2) is 16.7 Å². The van der Waals surface area contributed by atoms with Crippen LogP contribution in [-0.2, 0) is 6.54 Å². The molecular weight excluding hydrogens is 302 g/mol. The lowest BCUT2D eigenvalue weighted by Gasteiger charge is -2.05. The van der Waals surface area contributed by atoms with E-state index < -0.39 is 0 Å². The molecule has 0 bridgehead atoms. The Bertz CT molecular complexity index is 778. The van der Waals surface area contributed by atoms with Crippen LogP contribution in [0.3, 0.4) is 0 Å². The van der Waals surface area contributed by atoms with Crippen molar-refractivity contribution < 1.29 is 9.59 Å². The van der Waals surface area contributed by atoms with Crippen LogP contribution in [0.4, 0.5) is 0 Å². The van der Waals surface area contributed by atoms with Crippen molar-refractivity contribution in [2.45, 2.75) is 32.2 Å². The highest BCUT2D eigenvalue weighted by Gasteiger charge is 2.25. The number of ketones is 1. The zero-order valence-corrected chi connectivity index (χ0v) is 13.3. The van der Waals surface area contributed by atoms with Crippen LogP contribution in [0.2, 0.25) is 0 Å². The van der Waals surface area contributed by atoms with Gasteiger partial charge in [-0.15, -0.1) is 0 Å². The molecule has 1 aromatic heterocycles. The summed E-state index contributed by atoms with van der Waals surface area (Å²) in [5.41, 5.74) is 2.48. The third kappa shape index (κ3) is 3.54. The second-order valence-electron chi connectivity index (χ2n) is 6.14. The van der Waals surface area contributed by atoms with E-state index >= 15 is 0 Å². The summed E-state index contributed by atoms with van der Waals surface area (Å²) in [6.07, 6.45) is 5.74. The molecule has 0 radical (unpaired) electrons. The van der Waals surface area contributed by atoms with Crippen LogP contribution < -0.4 is 5.32 Å². The van der Waals surface area contributed by atoms with Crippen molar-refractivity contribution in [3.63, 3.8) is 0 Å². The molecular formula is C19H19N3O2. The van der Waals surface area contributed by atoms with E-state index in [1.165, 1.54) is 0 Å². The Morgan fingerprint density at radius 3 is 2.58 bits per heavy atom. The number of H-pyrrole nitrogens is 1. The molecule has 0 spiro atoms. The summed E-state index contributed by atoms with van der Waals surface area (Å²) >= 11 is 0. The molecule has 3 rings (SSSR count). The normalized spacial score (nSPS) is 14.3. The number of nitrogens with one attached hydrogen (secondary N) is 2. The Morgan fingerprint density at radius 1 is 1.21 bits per heavy atom. The maximum absolute atomic E-state index is 12.3. The number of hydrogen-bond acceptors (Lipinski definition) is 3. The minimum Gasteiger partial charge on any atom is -0.356 e. The number of amides is 1. The van der Waals surface area contributed by atoms with Gasteiger partial charge in [-0.05, 0) is 36.6 Å². The molecule has 1 aliphatic carbocycles. The smallest absolute Gasteiger partial charge is 0.267 e. The first kappa shape index (κ1) is 16.0. The second-order valence-corrected chi connectivity index (χ2v) is 6.14. The number of carbonyl (C=O) groups is 2. The van der Waals surface area contributed by atoms with Crippen molar-refractivity contribution in [3.8, 4) is 6.07 Å². The monoisotopic (exact) mass is 321 g/mol. The van der Waals surface area contributed by atoms with E-state index in [4.69, 9.17) is 5.26 Å². The first-order valence-electron chi connectivity index (χ1n) is 8.17. The van der Waals surface area contributed by atoms with Gasteiger partial charge in [0.2, 0.25) is 0 Å². The van der Waals surface area contributed by atoms with E-state index in [1.807, 2.05) is 12.1 Å². The molecule has 0 unspecified atom stereocenters. The third-order valence-corrected chi connectivity index (χ3v) is 4.47. The van der Waals surface area contributed by atoms with Crippen LogP contribution in [0.1, 0.15) is 57.7 Å². The summed E-state index contributed by atoms with van der Waals surface area (Å²) in [4.78, 5) is 27.4. The van der Waals surface area contributed by atoms with Crippen molar-refractivity contribution >= 4 is 11.7 Å². The molecule has 5 nitrogen and oxygen atoms in total. The number of hydrogen-bond donors (Lipinski definition) is 2. The molecule has 0 atom stereocenters. The standard InChI is InChI=1S/C19H19N3O2/c20-10-13-5-7-14(8-6-13)11-22-19(24)17-9-16(12-21-17)18(23)15-3-1-2-4-15/h5-9,12,15,21H,1-4,11H2,(H,22,24). The molecule has 1 heterocycles. The van der Waals surface area contributed by atoms with Gasteiger partial charge in [-0.3, -0.25) is 9.59 Å². The number of aromatic amines is 1. The maximum atomic E-state index is 12.3. The summed E-state index contributed by atoms with van der Waals surface area (Å²) in [6, 6.07) is 10.7. The first-order valence-corrected chi connectivity index (χ1v) is 8.17. The van der Waals surface area contributed by atoms with E-state index in [0.29, 0.717) is 23.4 Å². The highest BCUT2D eigenvalue weighted by molar-refractivity contribution is 6.01. The Hall–Kier alpha value is -2.87. The van der Waals surface area contributed by atoms with Crippen molar-refractivity contribution in [2.75, 3.05) is 0 Å². The zero-order valence-electron chi connectivity index (χ0n) is 13.3. The van der Waals surface area contributed by atoms with Gasteiger partial charge in [0, 0.05) is 24.2 Å². The third-order valence-electron chi connectivity index (χ3n) is 4.47. The quantitative estimate of drug-likeness (QED) is 0.829. The molecule has 1 fully saturated rings. The molecule has 1 aliphatic rings. The Kier molecular flexibility index (Phi) is 4.76. The molecule has 24 heavy (non-hydrogen) atoms. The number of aromatic nitrogens is 1. The fraction of sp³-hybridized carbons (Fsp3) is 0.316. The van der Waals surface area contributed by atoms with E-state index in [2.05, 4.69) is 16.4 Å². The topological polar surface area (TPSA) is 85.8 Å². The number of nitriles is 1. The molecule has 1 amide bonds. The van der Waals surface area contributed by atoms with Crippen LogP contribution in [0.5, 0.6) is 0 Å². The van der Waals surface area contributed by atoms with Gasteiger partial charge in [0.25, 0.3) is 5.91 Å². The predicted octanol–water partition coefficient (Wildman–Crippen LogP) is 3.19. The number of carbonyl (C=O) groups excluding carboxylic acids is 2. The van der Waals surface area contributed by atoms with Crippen LogP contribution in [0, 0.1) is 17.2 Å². The molecule has 5 heteroatoms. The minimum absolute atomic E-state index is 0.107. The fourth-order valence-corrected chi connectivity index (χ4v) is 3.07. The van der Waals surface area contributed by atoms with Gasteiger partial charge < -0.3 is 10.3 Å². The minimum atomic E-state index is -0.246. The second kappa shape index (κ2) is 7.14. The zero-order chi connectivity index (χ0) is 16.9. The van der Waals surface area contributed by atoms with Crippen molar-refractivity contribution in [1.29, 1.82) is 5.26 Å². The highest BCUT2D eigenvalue weighted by Crippen LogP contribution is 2.28. The average molecular weight is 321 g/mol. The highest BCUT2D eigenvalue weighted by atomic mass is 16.2. The van der Waals surface area contributed by atoms with Gasteiger partial charge in [-0.25, -0.2) is 0 Å². The van der Waals surface area contributed by atoms with E-state index in [-0.39, 0.29) is 17.6 Å². The predicted molar refractivity (Wildman–Crippen MR) is 89.4 cm³/mol. The summed E-state index contributed by atoms with van der Waals surface area (Å²) in [7, 11) is 0. The molecule has 1 saturated carbocycles. The molecule has 0 saturated heterocycles. The number of rotatable bonds is 5. The molecule has 122 valence electrons. The van der Waals surface area contributed by atoms with Crippen molar-refractivity contribution in [1.82, 2.24) is 10.3 Å². The lowest BCUT2D eigenvalue weighted by molar-refractivity contribution is 0.0922. The van der Waals surface area contributed by atoms with Gasteiger partial charge in [0.1, 0.15) is 5.69 Å². The molecule has 0 aliphatic heterocycles. The summed E-state index contributed by atoms with van der Waals surface area (Å²) in [5.74, 6) is -0.00455. The Balaban J connectivity index is 1.59. The van der Waals surface area contributed by atoms with E-state index in [1.54, 1.807) is 24.4 Å². The van der Waals surface area contributed by atoms with Gasteiger partial charge in [-0.2, -0.15) is 5.26 Å². The lowest BCUT2D eigenvalue weighted by atomic mass is 9.98. The summed E-state index contributed by atoms with van der Waals surface area (Å²) < 4.78 is 0. The van der Waals surface area contributed by atoms with E-state index in [0.717, 1.165) is 31.2 Å². The average Bonchev–Trinajstić information content (AvgIpc) is 3.31. The van der Waals surface area contributed by atoms with Gasteiger partial charge in [0.05, 0.1) is 11.6 Å². The first-order chi connectivity index (χ1) is 11.7. The molecule has 2 N–H and O–H groups in total. The Morgan fingerprint density at radius 2 is 1.92 bits per heavy atom. The van der Waals surface area contributed by atoms with Gasteiger partial charge >= 0.3 is 0 Å². The van der Waals surface area contributed by atoms with Crippen molar-refractivity contribution in [2.24, 2.45) is 5.92 Å². The van der Waals surface area contributed by atoms with Crippen LogP contribution in [0.25, 0.3) is 0 Å². The number of nitrogens with zero attached hydrogens (tertiary/aromatic N) is 1. The molecule has 1 aromatic carbocycles. The summed E-state index contributed by atoms with van der Waals surface area (Å²) in [5, 5.41) is 11.6. The van der Waals surface area contributed by atoms with Crippen LogP contribution >= 0.6 is 0 Å². The lowest BCUT2D eigenvalue weighted by Crippen LogP contribution is -2.23. The van der Waals surface area contributed by atoms with Crippen molar-refractivity contribution in [3.05, 3.63) is 58.9 Å². The molecule has 2 aromatic rings. The number of Topliss-reactive ketones (excluding diaryl/α,β-unsaturated/α-hetero) is 1. The SMILES string of the molecule is N#Cc1ccc(CNC(=O)c2cc(C(=O)C3CCCC3)c[nH]2)cc1. The van der Waals surface area contributed by atoms with Gasteiger partial charge in [-0.1, -0.05) is 25.0 Å². The van der Waals surface area contributed by atoms with Gasteiger partial charge in [0.15, 0.2) is 5.78 Å². The fourth-order valence-electron chi connectivity index (χ4n) is 3.07.